The first-order valence-corrected chi connectivity index (χ1v) is 13.5. The van der Waals surface area contributed by atoms with E-state index in [-0.39, 0.29) is 29.2 Å². The van der Waals surface area contributed by atoms with Crippen LogP contribution in [-0.2, 0) is 20.7 Å². The Morgan fingerprint density at radius 1 is 1.16 bits per heavy atom. The molecule has 8 nitrogen and oxygen atoms in total. The van der Waals surface area contributed by atoms with E-state index in [1.807, 2.05) is 25.1 Å². The summed E-state index contributed by atoms with van der Waals surface area (Å²) in [5.74, 6) is -0.443. The number of hydrogen-bond donors (Lipinski definition) is 1. The van der Waals surface area contributed by atoms with Gasteiger partial charge in [0.2, 0.25) is 5.75 Å². The standard InChI is InChI=1S/C30H40N2O6/c1-19(2)14-15-23-12-9-13-25(30(35)37-20(3)24(23)18-22-10-7-6-8-11-22)32-29(34)27-28(38-21(4)33)26(36-5)16-17-31-27/h6-8,10-11,16-17,19-20,23-25H,9,12-15,18H2,1-5H3,(H,32,34)/t20-,23?,24?,25-/m0/s1. The van der Waals surface area contributed by atoms with Gasteiger partial charge in [0.25, 0.3) is 5.91 Å². The third kappa shape index (κ3) is 8.04. The zero-order chi connectivity index (χ0) is 27.7. The van der Waals surface area contributed by atoms with Crippen molar-refractivity contribution in [1.82, 2.24) is 10.3 Å². The normalized spacial score (nSPS) is 22.0. The summed E-state index contributed by atoms with van der Waals surface area (Å²) < 4.78 is 16.5. The summed E-state index contributed by atoms with van der Waals surface area (Å²) in [4.78, 5) is 42.2. The molecule has 0 bridgehead atoms. The maximum Gasteiger partial charge on any atom is 0.328 e. The van der Waals surface area contributed by atoms with Crippen LogP contribution in [0.15, 0.2) is 42.6 Å². The van der Waals surface area contributed by atoms with E-state index in [1.165, 1.54) is 31.9 Å². The second-order valence-electron chi connectivity index (χ2n) is 10.5. The van der Waals surface area contributed by atoms with Crippen LogP contribution in [-0.4, -0.2) is 42.1 Å². The van der Waals surface area contributed by atoms with E-state index in [4.69, 9.17) is 14.2 Å². The van der Waals surface area contributed by atoms with Crippen LogP contribution in [0.2, 0.25) is 0 Å². The molecular weight excluding hydrogens is 484 g/mol. The molecule has 2 aromatic rings. The predicted octanol–water partition coefficient (Wildman–Crippen LogP) is 5.14. The van der Waals surface area contributed by atoms with Crippen LogP contribution in [0.5, 0.6) is 11.5 Å². The number of benzene rings is 1. The zero-order valence-corrected chi connectivity index (χ0v) is 23.1. The summed E-state index contributed by atoms with van der Waals surface area (Å²) >= 11 is 0. The number of nitrogens with one attached hydrogen (secondary N) is 1. The lowest BCUT2D eigenvalue weighted by Gasteiger charge is -2.32. The second-order valence-corrected chi connectivity index (χ2v) is 10.5. The van der Waals surface area contributed by atoms with Gasteiger partial charge in [0.05, 0.1) is 7.11 Å². The molecule has 2 heterocycles. The Kier molecular flexibility index (Phi) is 10.7. The van der Waals surface area contributed by atoms with Crippen molar-refractivity contribution in [2.75, 3.05) is 7.11 Å². The van der Waals surface area contributed by atoms with Gasteiger partial charge in [-0.15, -0.1) is 0 Å². The third-order valence-corrected chi connectivity index (χ3v) is 7.15. The van der Waals surface area contributed by atoms with Crippen LogP contribution < -0.4 is 14.8 Å². The highest BCUT2D eigenvalue weighted by molar-refractivity contribution is 5.98. The Balaban J connectivity index is 1.81. The lowest BCUT2D eigenvalue weighted by molar-refractivity contribution is -0.154. The summed E-state index contributed by atoms with van der Waals surface area (Å²) in [5.41, 5.74) is 1.10. The van der Waals surface area contributed by atoms with Gasteiger partial charge in [-0.3, -0.25) is 9.59 Å². The molecule has 1 amide bonds. The van der Waals surface area contributed by atoms with Gasteiger partial charge in [-0.05, 0) is 50.0 Å². The molecule has 8 heteroatoms. The van der Waals surface area contributed by atoms with Crippen molar-refractivity contribution in [1.29, 1.82) is 0 Å². The number of pyridine rings is 1. The molecule has 1 aliphatic rings. The fraction of sp³-hybridized carbons (Fsp3) is 0.533. The van der Waals surface area contributed by atoms with E-state index in [2.05, 4.69) is 36.3 Å². The van der Waals surface area contributed by atoms with Crippen LogP contribution in [0, 0.1) is 17.8 Å². The summed E-state index contributed by atoms with van der Waals surface area (Å²) in [5, 5.41) is 2.77. The molecule has 4 atom stereocenters. The van der Waals surface area contributed by atoms with Gasteiger partial charge in [-0.1, -0.05) is 57.0 Å². The molecular formula is C30H40N2O6. The molecule has 38 heavy (non-hydrogen) atoms. The Bertz CT molecular complexity index is 1090. The minimum absolute atomic E-state index is 0.0820. The quantitative estimate of drug-likeness (QED) is 0.453. The summed E-state index contributed by atoms with van der Waals surface area (Å²) in [6.07, 6.45) is 6.22. The van der Waals surface area contributed by atoms with E-state index >= 15 is 0 Å². The number of hydrogen-bond acceptors (Lipinski definition) is 7. The summed E-state index contributed by atoms with van der Waals surface area (Å²) in [7, 11) is 1.41. The molecule has 0 saturated carbocycles. The lowest BCUT2D eigenvalue weighted by Crippen LogP contribution is -2.43. The zero-order valence-electron chi connectivity index (χ0n) is 23.1. The van der Waals surface area contributed by atoms with Gasteiger partial charge >= 0.3 is 11.9 Å². The monoisotopic (exact) mass is 524 g/mol. The summed E-state index contributed by atoms with van der Waals surface area (Å²) in [6, 6.07) is 11.0. The number of methoxy groups -OCH3 is 1. The summed E-state index contributed by atoms with van der Waals surface area (Å²) in [6.45, 7) is 7.65. The first-order valence-electron chi connectivity index (χ1n) is 13.5. The van der Waals surface area contributed by atoms with Crippen LogP contribution >= 0.6 is 0 Å². The third-order valence-electron chi connectivity index (χ3n) is 7.15. The van der Waals surface area contributed by atoms with Gasteiger partial charge < -0.3 is 19.5 Å². The smallest absolute Gasteiger partial charge is 0.328 e. The SMILES string of the molecule is COc1ccnc(C(=O)N[C@H]2CCCC(CCC(C)C)C(Cc3ccccc3)[C@H](C)OC2=O)c1OC(C)=O. The van der Waals surface area contributed by atoms with Crippen molar-refractivity contribution in [2.24, 2.45) is 17.8 Å². The number of amides is 1. The fourth-order valence-corrected chi connectivity index (χ4v) is 5.13. The molecule has 0 radical (unpaired) electrons. The van der Waals surface area contributed by atoms with E-state index in [0.717, 1.165) is 32.1 Å². The molecule has 1 aromatic heterocycles. The highest BCUT2D eigenvalue weighted by Gasteiger charge is 2.35. The molecule has 1 N–H and O–H groups in total. The van der Waals surface area contributed by atoms with E-state index < -0.39 is 23.9 Å². The van der Waals surface area contributed by atoms with Crippen molar-refractivity contribution in [3.05, 3.63) is 53.9 Å². The average molecular weight is 525 g/mol. The molecule has 1 saturated heterocycles. The molecule has 0 aliphatic carbocycles. The van der Waals surface area contributed by atoms with E-state index in [0.29, 0.717) is 18.3 Å². The molecule has 1 fully saturated rings. The highest BCUT2D eigenvalue weighted by atomic mass is 16.6. The van der Waals surface area contributed by atoms with Crippen LogP contribution in [0.1, 0.15) is 75.9 Å². The van der Waals surface area contributed by atoms with Gasteiger partial charge in [-0.2, -0.15) is 0 Å². The molecule has 206 valence electrons. The van der Waals surface area contributed by atoms with Crippen molar-refractivity contribution >= 4 is 17.8 Å². The van der Waals surface area contributed by atoms with E-state index in [1.54, 1.807) is 0 Å². The molecule has 2 unspecified atom stereocenters. The van der Waals surface area contributed by atoms with Gasteiger partial charge in [0, 0.05) is 25.1 Å². The number of ether oxygens (including phenoxy) is 3. The first-order chi connectivity index (χ1) is 18.2. The number of nitrogens with zero attached hydrogens (tertiary/aromatic N) is 1. The molecule has 0 spiro atoms. The topological polar surface area (TPSA) is 104 Å². The van der Waals surface area contributed by atoms with Crippen LogP contribution in [0.3, 0.4) is 0 Å². The van der Waals surface area contributed by atoms with Crippen molar-refractivity contribution in [3.8, 4) is 11.5 Å². The maximum absolute atomic E-state index is 13.3. The molecule has 1 aromatic carbocycles. The van der Waals surface area contributed by atoms with Gasteiger partial charge in [0.1, 0.15) is 12.1 Å². The number of rotatable bonds is 9. The maximum atomic E-state index is 13.3. The van der Waals surface area contributed by atoms with E-state index in [9.17, 15) is 14.4 Å². The molecule has 3 rings (SSSR count). The Morgan fingerprint density at radius 3 is 2.55 bits per heavy atom. The Hall–Kier alpha value is -3.42. The largest absolute Gasteiger partial charge is 0.493 e. The average Bonchev–Trinajstić information content (AvgIpc) is 2.93. The van der Waals surface area contributed by atoms with Crippen molar-refractivity contribution in [2.45, 2.75) is 78.4 Å². The number of cyclic esters (lactones) is 1. The van der Waals surface area contributed by atoms with Crippen molar-refractivity contribution in [3.63, 3.8) is 0 Å². The van der Waals surface area contributed by atoms with Gasteiger partial charge in [0.15, 0.2) is 11.4 Å². The Morgan fingerprint density at radius 2 is 1.89 bits per heavy atom. The fourth-order valence-electron chi connectivity index (χ4n) is 5.13. The predicted molar refractivity (Wildman–Crippen MR) is 144 cm³/mol. The highest BCUT2D eigenvalue weighted by Crippen LogP contribution is 2.34. The first kappa shape index (κ1) is 29.1. The molecule has 1 aliphatic heterocycles. The lowest BCUT2D eigenvalue weighted by atomic mass is 9.77. The van der Waals surface area contributed by atoms with Crippen LogP contribution in [0.25, 0.3) is 0 Å². The minimum Gasteiger partial charge on any atom is -0.493 e. The number of carbonyl (C=O) groups excluding carboxylic acids is 3. The number of aromatic nitrogens is 1. The van der Waals surface area contributed by atoms with Crippen LogP contribution in [0.4, 0.5) is 0 Å². The Labute approximate surface area is 225 Å². The number of esters is 2. The minimum atomic E-state index is -0.843. The second kappa shape index (κ2) is 13.9. The van der Waals surface area contributed by atoms with Gasteiger partial charge in [-0.25, -0.2) is 9.78 Å². The van der Waals surface area contributed by atoms with Crippen molar-refractivity contribution < 1.29 is 28.6 Å². The number of carbonyl (C=O) groups is 3.